The van der Waals surface area contributed by atoms with Gasteiger partial charge >= 0.3 is 0 Å². The molecular weight excluding hydrogens is 298 g/mol. The molecular formula is C16H19N3O2S. The molecule has 1 saturated heterocycles. The molecule has 1 aromatic carbocycles. The number of amides is 1. The van der Waals surface area contributed by atoms with E-state index in [0.717, 1.165) is 25.1 Å². The second-order valence-electron chi connectivity index (χ2n) is 5.37. The van der Waals surface area contributed by atoms with Gasteiger partial charge in [-0.15, -0.1) is 11.3 Å². The molecule has 1 aromatic heterocycles. The molecule has 2 aromatic rings. The Kier molecular flexibility index (Phi) is 4.70. The van der Waals surface area contributed by atoms with Crippen LogP contribution in [0.15, 0.2) is 29.6 Å². The topological polar surface area (TPSA) is 63.2 Å². The van der Waals surface area contributed by atoms with Gasteiger partial charge in [0.15, 0.2) is 5.13 Å². The van der Waals surface area contributed by atoms with Crippen LogP contribution in [-0.4, -0.2) is 30.1 Å². The average Bonchev–Trinajstić information content (AvgIpc) is 3.19. The average molecular weight is 317 g/mol. The second-order valence-corrected chi connectivity index (χ2v) is 6.23. The van der Waals surface area contributed by atoms with E-state index in [4.69, 9.17) is 4.74 Å². The van der Waals surface area contributed by atoms with E-state index in [0.29, 0.717) is 17.4 Å². The molecule has 0 unspecified atom stereocenters. The Morgan fingerprint density at radius 3 is 2.95 bits per heavy atom. The van der Waals surface area contributed by atoms with Crippen molar-refractivity contribution in [2.45, 2.75) is 25.9 Å². The van der Waals surface area contributed by atoms with Crippen molar-refractivity contribution < 1.29 is 9.53 Å². The van der Waals surface area contributed by atoms with Crippen molar-refractivity contribution in [3.63, 3.8) is 0 Å². The van der Waals surface area contributed by atoms with Gasteiger partial charge in [-0.1, -0.05) is 17.7 Å². The number of ether oxygens (including phenoxy) is 1. The Bertz CT molecular complexity index is 633. The Morgan fingerprint density at radius 1 is 1.41 bits per heavy atom. The summed E-state index contributed by atoms with van der Waals surface area (Å²) in [6.07, 6.45) is 2.23. The Balaban J connectivity index is 1.55. The summed E-state index contributed by atoms with van der Waals surface area (Å²) in [5, 5.41) is 8.56. The summed E-state index contributed by atoms with van der Waals surface area (Å²) in [5.41, 5.74) is 2.61. The molecule has 1 aliphatic heterocycles. The molecule has 1 fully saturated rings. The SMILES string of the molecule is Cc1ccc(Nc2nc(C(=O)NC[C@H]3CCCO3)cs2)cc1. The zero-order chi connectivity index (χ0) is 15.4. The minimum absolute atomic E-state index is 0.146. The van der Waals surface area contributed by atoms with Gasteiger partial charge in [0.2, 0.25) is 0 Å². The lowest BCUT2D eigenvalue weighted by Gasteiger charge is -2.09. The standard InChI is InChI=1S/C16H19N3O2S/c1-11-4-6-12(7-5-11)18-16-19-14(10-22-16)15(20)17-9-13-3-2-8-21-13/h4-7,10,13H,2-3,8-9H2,1H3,(H,17,20)(H,18,19)/t13-/m1/s1. The maximum Gasteiger partial charge on any atom is 0.270 e. The summed E-state index contributed by atoms with van der Waals surface area (Å²) in [6, 6.07) is 8.05. The number of benzene rings is 1. The quantitative estimate of drug-likeness (QED) is 0.889. The van der Waals surface area contributed by atoms with E-state index in [2.05, 4.69) is 15.6 Å². The number of hydrogen-bond acceptors (Lipinski definition) is 5. The molecule has 116 valence electrons. The number of carbonyl (C=O) groups is 1. The van der Waals surface area contributed by atoms with Crippen LogP contribution >= 0.6 is 11.3 Å². The van der Waals surface area contributed by atoms with Crippen LogP contribution in [0, 0.1) is 6.92 Å². The lowest BCUT2D eigenvalue weighted by molar-refractivity contribution is 0.0854. The van der Waals surface area contributed by atoms with Crippen molar-refractivity contribution in [2.75, 3.05) is 18.5 Å². The minimum atomic E-state index is -0.149. The molecule has 0 aliphatic carbocycles. The van der Waals surface area contributed by atoms with Crippen molar-refractivity contribution in [2.24, 2.45) is 0 Å². The van der Waals surface area contributed by atoms with Gasteiger partial charge < -0.3 is 15.4 Å². The van der Waals surface area contributed by atoms with Crippen LogP contribution in [0.25, 0.3) is 0 Å². The predicted molar refractivity (Wildman–Crippen MR) is 87.9 cm³/mol. The highest BCUT2D eigenvalue weighted by Gasteiger charge is 2.17. The largest absolute Gasteiger partial charge is 0.376 e. The number of nitrogens with one attached hydrogen (secondary N) is 2. The van der Waals surface area contributed by atoms with Crippen LogP contribution < -0.4 is 10.6 Å². The first kappa shape index (κ1) is 15.0. The van der Waals surface area contributed by atoms with Crippen molar-refractivity contribution >= 4 is 28.1 Å². The number of nitrogens with zero attached hydrogens (tertiary/aromatic N) is 1. The highest BCUT2D eigenvalue weighted by atomic mass is 32.1. The fourth-order valence-electron chi connectivity index (χ4n) is 2.30. The molecule has 1 aliphatic rings. The lowest BCUT2D eigenvalue weighted by Crippen LogP contribution is -2.31. The van der Waals surface area contributed by atoms with E-state index < -0.39 is 0 Å². The van der Waals surface area contributed by atoms with E-state index in [1.54, 1.807) is 5.38 Å². The molecule has 2 N–H and O–H groups in total. The highest BCUT2D eigenvalue weighted by Crippen LogP contribution is 2.21. The molecule has 3 rings (SSSR count). The molecule has 1 amide bonds. The summed E-state index contributed by atoms with van der Waals surface area (Å²) >= 11 is 1.42. The Labute approximate surface area is 133 Å². The van der Waals surface area contributed by atoms with Gasteiger partial charge in [0, 0.05) is 24.2 Å². The molecule has 0 bridgehead atoms. The van der Waals surface area contributed by atoms with Gasteiger partial charge in [0.05, 0.1) is 6.10 Å². The van der Waals surface area contributed by atoms with Crippen LogP contribution in [0.3, 0.4) is 0 Å². The molecule has 6 heteroatoms. The van der Waals surface area contributed by atoms with Gasteiger partial charge in [-0.2, -0.15) is 0 Å². The number of hydrogen-bond donors (Lipinski definition) is 2. The number of carbonyl (C=O) groups excluding carboxylic acids is 1. The van der Waals surface area contributed by atoms with Crippen LogP contribution in [-0.2, 0) is 4.74 Å². The van der Waals surface area contributed by atoms with Gasteiger partial charge in [-0.25, -0.2) is 4.98 Å². The van der Waals surface area contributed by atoms with Gasteiger partial charge in [-0.3, -0.25) is 4.79 Å². The highest BCUT2D eigenvalue weighted by molar-refractivity contribution is 7.14. The maximum atomic E-state index is 12.1. The van der Waals surface area contributed by atoms with Crippen LogP contribution in [0.2, 0.25) is 0 Å². The van der Waals surface area contributed by atoms with E-state index in [1.165, 1.54) is 16.9 Å². The zero-order valence-electron chi connectivity index (χ0n) is 12.5. The molecule has 5 nitrogen and oxygen atoms in total. The monoisotopic (exact) mass is 317 g/mol. The van der Waals surface area contributed by atoms with Crippen molar-refractivity contribution in [3.05, 3.63) is 40.9 Å². The summed E-state index contributed by atoms with van der Waals surface area (Å²) in [4.78, 5) is 16.4. The molecule has 0 radical (unpaired) electrons. The molecule has 0 spiro atoms. The lowest BCUT2D eigenvalue weighted by atomic mass is 10.2. The van der Waals surface area contributed by atoms with E-state index >= 15 is 0 Å². The third-order valence-corrected chi connectivity index (χ3v) is 4.31. The van der Waals surface area contributed by atoms with E-state index in [9.17, 15) is 4.79 Å². The Morgan fingerprint density at radius 2 is 2.23 bits per heavy atom. The van der Waals surface area contributed by atoms with Gasteiger partial charge in [-0.05, 0) is 31.9 Å². The number of thiazole rings is 1. The first-order valence-electron chi connectivity index (χ1n) is 7.40. The molecule has 1 atom stereocenters. The van der Waals surface area contributed by atoms with Crippen molar-refractivity contribution in [1.29, 1.82) is 0 Å². The predicted octanol–water partition coefficient (Wildman–Crippen LogP) is 3.10. The summed E-state index contributed by atoms with van der Waals surface area (Å²) in [7, 11) is 0. The van der Waals surface area contributed by atoms with Crippen molar-refractivity contribution in [3.8, 4) is 0 Å². The van der Waals surface area contributed by atoms with Gasteiger partial charge in [0.1, 0.15) is 5.69 Å². The van der Waals surface area contributed by atoms with Crippen LogP contribution in [0.5, 0.6) is 0 Å². The van der Waals surface area contributed by atoms with E-state index in [1.807, 2.05) is 31.2 Å². The third kappa shape index (κ3) is 3.84. The zero-order valence-corrected chi connectivity index (χ0v) is 13.3. The van der Waals surface area contributed by atoms with Gasteiger partial charge in [0.25, 0.3) is 5.91 Å². The first-order valence-corrected chi connectivity index (χ1v) is 8.28. The number of anilines is 2. The molecule has 22 heavy (non-hydrogen) atoms. The second kappa shape index (κ2) is 6.89. The maximum absolute atomic E-state index is 12.1. The number of aromatic nitrogens is 1. The van der Waals surface area contributed by atoms with Crippen LogP contribution in [0.1, 0.15) is 28.9 Å². The summed E-state index contributed by atoms with van der Waals surface area (Å²) < 4.78 is 5.49. The van der Waals surface area contributed by atoms with Crippen molar-refractivity contribution in [1.82, 2.24) is 10.3 Å². The number of rotatable bonds is 5. The summed E-state index contributed by atoms with van der Waals surface area (Å²) in [6.45, 7) is 3.39. The van der Waals surface area contributed by atoms with E-state index in [-0.39, 0.29) is 12.0 Å². The smallest absolute Gasteiger partial charge is 0.270 e. The normalized spacial score (nSPS) is 17.4. The van der Waals surface area contributed by atoms with Crippen LogP contribution in [0.4, 0.5) is 10.8 Å². The minimum Gasteiger partial charge on any atom is -0.376 e. The Hall–Kier alpha value is -1.92. The first-order chi connectivity index (χ1) is 10.7. The fourth-order valence-corrected chi connectivity index (χ4v) is 3.01. The number of aryl methyl sites for hydroxylation is 1. The fraction of sp³-hybridized carbons (Fsp3) is 0.375. The third-order valence-electron chi connectivity index (χ3n) is 3.55. The molecule has 0 saturated carbocycles. The molecule has 2 heterocycles. The summed E-state index contributed by atoms with van der Waals surface area (Å²) in [5.74, 6) is -0.149.